The first-order valence-electron chi connectivity index (χ1n) is 17.3. The van der Waals surface area contributed by atoms with Crippen LogP contribution in [-0.2, 0) is 30.3 Å². The molecule has 0 fully saturated rings. The molecule has 3 heterocycles. The Morgan fingerprint density at radius 1 is 0.878 bits per heavy atom. The van der Waals surface area contributed by atoms with Crippen LogP contribution >= 0.6 is 11.3 Å². The number of allylic oxidation sites excluding steroid dienone is 2. The molecule has 0 amide bonds. The number of nitrogens with zero attached hydrogens (tertiary/aromatic N) is 1. The summed E-state index contributed by atoms with van der Waals surface area (Å²) in [4.78, 5) is 17.1. The fraction of sp³-hybridized carbons (Fsp3) is 0.395. The molecule has 0 spiro atoms. The Labute approximate surface area is 309 Å². The van der Waals surface area contributed by atoms with Crippen LogP contribution in [0.25, 0.3) is 53.2 Å². The van der Waals surface area contributed by atoms with Gasteiger partial charge in [0, 0.05) is 69.1 Å². The Morgan fingerprint density at radius 3 is 2.14 bits per heavy atom. The monoisotopic (exact) mass is 853 g/mol. The molecule has 0 atom stereocenters. The maximum Gasteiger partial charge on any atom is 0.164 e. The van der Waals surface area contributed by atoms with E-state index in [1.807, 2.05) is 54.0 Å². The van der Waals surface area contributed by atoms with E-state index in [0.29, 0.717) is 0 Å². The average molecular weight is 853 g/mol. The molecule has 3 aromatic carbocycles. The zero-order valence-electron chi connectivity index (χ0n) is 30.6. The van der Waals surface area contributed by atoms with Gasteiger partial charge in [-0.05, 0) is 67.2 Å². The van der Waals surface area contributed by atoms with E-state index in [1.54, 1.807) is 11.3 Å². The van der Waals surface area contributed by atoms with E-state index in [0.717, 1.165) is 64.2 Å². The number of hydrogen-bond acceptors (Lipinski definition) is 5. The minimum Gasteiger partial charge on any atom is -0.512 e. The second-order valence-corrected chi connectivity index (χ2v) is 15.8. The van der Waals surface area contributed by atoms with Gasteiger partial charge in [0.05, 0.1) is 6.26 Å². The number of benzene rings is 3. The molecule has 4 nitrogen and oxygen atoms in total. The fourth-order valence-corrected chi connectivity index (χ4v) is 7.38. The van der Waals surface area contributed by atoms with Crippen LogP contribution in [0.4, 0.5) is 0 Å². The number of carbonyl (C=O) groups excluding carboxylic acids is 1. The predicted octanol–water partition coefficient (Wildman–Crippen LogP) is 13.1. The van der Waals surface area contributed by atoms with Crippen molar-refractivity contribution in [3.05, 3.63) is 90.0 Å². The van der Waals surface area contributed by atoms with Gasteiger partial charge in [-0.3, -0.25) is 9.78 Å². The summed E-state index contributed by atoms with van der Waals surface area (Å²) in [5, 5.41) is 16.0. The van der Waals surface area contributed by atoms with Crippen molar-refractivity contribution < 1.29 is 34.4 Å². The van der Waals surface area contributed by atoms with Crippen LogP contribution in [0.2, 0.25) is 0 Å². The molecular weight excluding hydrogens is 803 g/mol. The van der Waals surface area contributed by atoms with Crippen molar-refractivity contribution in [3.8, 4) is 11.3 Å². The number of hydrogen-bond donors (Lipinski definition) is 1. The van der Waals surface area contributed by atoms with E-state index in [9.17, 15) is 9.90 Å². The SMILES string of the molecule is CCC(C)(CC)C(=O)/C=C(\O)C(C)(CC)CC.Cc1coc2c1ccc1sc3ccnc(-c4[c-]c5ccccc5c(C(C)(C)C)c4)c3c12.[Ir]. The zero-order valence-corrected chi connectivity index (χ0v) is 33.8. The van der Waals surface area contributed by atoms with Gasteiger partial charge >= 0.3 is 0 Å². The Morgan fingerprint density at radius 2 is 1.51 bits per heavy atom. The van der Waals surface area contributed by atoms with E-state index < -0.39 is 0 Å². The summed E-state index contributed by atoms with van der Waals surface area (Å²) in [7, 11) is 0. The van der Waals surface area contributed by atoms with E-state index in [-0.39, 0.29) is 47.9 Å². The molecule has 0 aliphatic rings. The molecule has 1 radical (unpaired) electrons. The standard InChI is InChI=1S/C28H22NOS.C15H28O2.Ir/c1-16-15-30-27-19(16)9-10-22-25(27)24-23(31-22)11-12-29-26(24)18-13-17-7-5-6-8-20(17)21(14-18)28(2,3)4;1-7-14(5,8-2)12(16)11-13(17)15(6,9-3)10-4;/h5-12,14-15H,1-4H3;11,16H,7-10H2,1-6H3;/q-1;;/b;12-11-;. The van der Waals surface area contributed by atoms with Crippen LogP contribution < -0.4 is 0 Å². The molecule has 0 saturated heterocycles. The largest absolute Gasteiger partial charge is 0.512 e. The van der Waals surface area contributed by atoms with E-state index in [1.165, 1.54) is 31.8 Å². The zero-order chi connectivity index (χ0) is 35.0. The minimum atomic E-state index is -0.337. The summed E-state index contributed by atoms with van der Waals surface area (Å²) in [6.07, 6.45) is 8.52. The Bertz CT molecular complexity index is 2140. The van der Waals surface area contributed by atoms with Gasteiger partial charge in [0.15, 0.2) is 5.78 Å². The van der Waals surface area contributed by atoms with Gasteiger partial charge in [0.1, 0.15) is 11.3 Å². The summed E-state index contributed by atoms with van der Waals surface area (Å²) in [6.45, 7) is 21.0. The van der Waals surface area contributed by atoms with Crippen LogP contribution in [0.5, 0.6) is 0 Å². The number of rotatable bonds is 8. The smallest absolute Gasteiger partial charge is 0.164 e. The maximum absolute atomic E-state index is 12.2. The second kappa shape index (κ2) is 14.9. The molecule has 0 aliphatic carbocycles. The number of aliphatic hydroxyl groups excluding tert-OH is 1. The van der Waals surface area contributed by atoms with Crippen LogP contribution in [0, 0.1) is 23.8 Å². The first-order valence-corrected chi connectivity index (χ1v) is 18.1. The average Bonchev–Trinajstić information content (AvgIpc) is 3.66. The summed E-state index contributed by atoms with van der Waals surface area (Å²) in [6, 6.07) is 21.0. The molecule has 261 valence electrons. The van der Waals surface area contributed by atoms with Gasteiger partial charge in [-0.2, -0.15) is 0 Å². The summed E-state index contributed by atoms with van der Waals surface area (Å²) in [5.41, 5.74) is 4.85. The summed E-state index contributed by atoms with van der Waals surface area (Å²) >= 11 is 1.79. The van der Waals surface area contributed by atoms with Crippen LogP contribution in [-0.4, -0.2) is 15.9 Å². The second-order valence-electron chi connectivity index (χ2n) is 14.7. The number of fused-ring (bicyclic) bond motifs is 6. The molecule has 0 saturated carbocycles. The molecule has 0 aliphatic heterocycles. The van der Waals surface area contributed by atoms with Gasteiger partial charge in [-0.1, -0.05) is 91.5 Å². The van der Waals surface area contributed by atoms with Gasteiger partial charge < -0.3 is 9.52 Å². The molecule has 49 heavy (non-hydrogen) atoms. The summed E-state index contributed by atoms with van der Waals surface area (Å²) < 4.78 is 8.48. The fourth-order valence-electron chi connectivity index (χ4n) is 6.29. The summed E-state index contributed by atoms with van der Waals surface area (Å²) in [5.74, 6) is 0.286. The van der Waals surface area contributed by atoms with Crippen molar-refractivity contribution in [2.24, 2.45) is 10.8 Å². The first kappa shape index (κ1) is 38.5. The van der Waals surface area contributed by atoms with Crippen LogP contribution in [0.15, 0.2) is 77.2 Å². The van der Waals surface area contributed by atoms with E-state index in [2.05, 4.69) is 82.3 Å². The quantitative estimate of drug-likeness (QED) is 0.0941. The molecule has 6 heteroatoms. The Kier molecular flexibility index (Phi) is 11.7. The van der Waals surface area contributed by atoms with Crippen LogP contribution in [0.1, 0.15) is 99.1 Å². The van der Waals surface area contributed by atoms with E-state index in [4.69, 9.17) is 9.40 Å². The third-order valence-electron chi connectivity index (χ3n) is 10.7. The Hall–Kier alpha value is -3.31. The molecule has 6 rings (SSSR count). The van der Waals surface area contributed by atoms with Gasteiger partial charge in [0.2, 0.25) is 0 Å². The van der Waals surface area contributed by atoms with Gasteiger partial charge in [-0.15, -0.1) is 40.5 Å². The number of aromatic nitrogens is 1. The van der Waals surface area contributed by atoms with Crippen molar-refractivity contribution >= 4 is 59.0 Å². The molecular formula is C43H50IrNO3S-. The van der Waals surface area contributed by atoms with Crippen molar-refractivity contribution in [3.63, 3.8) is 0 Å². The third-order valence-corrected chi connectivity index (χ3v) is 11.8. The van der Waals surface area contributed by atoms with Gasteiger partial charge in [-0.25, -0.2) is 0 Å². The molecule has 3 aromatic heterocycles. The number of thiophene rings is 1. The predicted molar refractivity (Wildman–Crippen MR) is 205 cm³/mol. The normalized spacial score (nSPS) is 12.7. The number of furan rings is 1. The maximum atomic E-state index is 12.2. The van der Waals surface area contributed by atoms with Gasteiger partial charge in [0.25, 0.3) is 0 Å². The van der Waals surface area contributed by atoms with Crippen molar-refractivity contribution in [2.75, 3.05) is 0 Å². The minimum absolute atomic E-state index is 0. The van der Waals surface area contributed by atoms with Crippen molar-refractivity contribution in [1.29, 1.82) is 0 Å². The Balaban J connectivity index is 0.000000260. The number of aliphatic hydroxyl groups is 1. The van der Waals surface area contributed by atoms with Crippen molar-refractivity contribution in [1.82, 2.24) is 4.98 Å². The third kappa shape index (κ3) is 7.29. The number of pyridine rings is 1. The van der Waals surface area contributed by atoms with Crippen molar-refractivity contribution in [2.45, 2.75) is 100 Å². The van der Waals surface area contributed by atoms with Crippen LogP contribution in [0.3, 0.4) is 0 Å². The topological polar surface area (TPSA) is 63.3 Å². The number of carbonyl (C=O) groups is 1. The number of aryl methyl sites for hydroxylation is 1. The number of ketones is 1. The molecule has 0 unspecified atom stereocenters. The first-order chi connectivity index (χ1) is 22.7. The molecule has 6 aromatic rings. The van der Waals surface area contributed by atoms with E-state index >= 15 is 0 Å². The molecule has 1 N–H and O–H groups in total. The molecule has 0 bridgehead atoms.